The van der Waals surface area contributed by atoms with Gasteiger partial charge in [-0.05, 0) is 42.5 Å². The maximum Gasteiger partial charge on any atom is 0.343 e. The molecule has 138 valence electrons. The normalized spacial score (nSPS) is 10.5. The van der Waals surface area contributed by atoms with Crippen LogP contribution in [0.5, 0.6) is 5.75 Å². The summed E-state index contributed by atoms with van der Waals surface area (Å²) in [6, 6.07) is 24.2. The molecule has 4 nitrogen and oxygen atoms in total. The fourth-order valence-corrected chi connectivity index (χ4v) is 3.72. The van der Waals surface area contributed by atoms with Crippen molar-refractivity contribution in [2.24, 2.45) is 0 Å². The number of esters is 1. The Kier molecular flexibility index (Phi) is 5.50. The van der Waals surface area contributed by atoms with E-state index in [4.69, 9.17) is 4.74 Å². The van der Waals surface area contributed by atoms with Crippen LogP contribution in [0, 0.1) is 0 Å². The number of anilines is 2. The lowest BCUT2D eigenvalue weighted by Gasteiger charge is -2.05. The number of hydrogen-bond donors (Lipinski definition) is 1. The first-order chi connectivity index (χ1) is 13.7. The minimum absolute atomic E-state index is 0.381. The van der Waals surface area contributed by atoms with Crippen molar-refractivity contribution >= 4 is 44.1 Å². The molecular weight excluding hydrogens is 436 g/mol. The SMILES string of the molecule is O=C(Oc1ccccc1)c1ccc(-c2csc(Nc3cccc(Br)c3)n2)cc1. The lowest BCUT2D eigenvalue weighted by molar-refractivity contribution is 0.0735. The van der Waals surface area contributed by atoms with Crippen LogP contribution in [-0.2, 0) is 0 Å². The van der Waals surface area contributed by atoms with E-state index in [1.807, 2.05) is 60.0 Å². The first-order valence-corrected chi connectivity index (χ1v) is 10.2. The van der Waals surface area contributed by atoms with Crippen molar-refractivity contribution in [2.75, 3.05) is 5.32 Å². The van der Waals surface area contributed by atoms with E-state index in [0.29, 0.717) is 11.3 Å². The highest BCUT2D eigenvalue weighted by molar-refractivity contribution is 9.10. The average Bonchev–Trinajstić information content (AvgIpc) is 3.17. The van der Waals surface area contributed by atoms with Crippen LogP contribution < -0.4 is 10.1 Å². The zero-order valence-electron chi connectivity index (χ0n) is 14.6. The lowest BCUT2D eigenvalue weighted by atomic mass is 10.1. The van der Waals surface area contributed by atoms with Crippen LogP contribution in [0.15, 0.2) is 88.7 Å². The highest BCUT2D eigenvalue weighted by Gasteiger charge is 2.10. The summed E-state index contributed by atoms with van der Waals surface area (Å²) in [7, 11) is 0. The van der Waals surface area contributed by atoms with E-state index in [1.165, 1.54) is 11.3 Å². The predicted molar refractivity (Wildman–Crippen MR) is 116 cm³/mol. The van der Waals surface area contributed by atoms with Gasteiger partial charge in [-0.25, -0.2) is 9.78 Å². The largest absolute Gasteiger partial charge is 0.423 e. The van der Waals surface area contributed by atoms with Gasteiger partial charge in [0.05, 0.1) is 11.3 Å². The van der Waals surface area contributed by atoms with Gasteiger partial charge in [0.15, 0.2) is 5.13 Å². The van der Waals surface area contributed by atoms with Gasteiger partial charge in [0.25, 0.3) is 0 Å². The van der Waals surface area contributed by atoms with Gasteiger partial charge in [-0.3, -0.25) is 0 Å². The molecule has 0 saturated carbocycles. The number of ether oxygens (including phenoxy) is 1. The van der Waals surface area contributed by atoms with Gasteiger partial charge in [-0.1, -0.05) is 52.3 Å². The summed E-state index contributed by atoms with van der Waals surface area (Å²) in [5.41, 5.74) is 3.25. The molecule has 0 amide bonds. The van der Waals surface area contributed by atoms with Crippen LogP contribution in [0.1, 0.15) is 10.4 Å². The fourth-order valence-electron chi connectivity index (χ4n) is 2.59. The number of benzene rings is 3. The van der Waals surface area contributed by atoms with E-state index in [9.17, 15) is 4.79 Å². The Labute approximate surface area is 175 Å². The molecule has 6 heteroatoms. The summed E-state index contributed by atoms with van der Waals surface area (Å²) < 4.78 is 6.37. The summed E-state index contributed by atoms with van der Waals surface area (Å²) in [6.07, 6.45) is 0. The van der Waals surface area contributed by atoms with Gasteiger partial charge in [0.2, 0.25) is 0 Å². The summed E-state index contributed by atoms with van der Waals surface area (Å²) in [5, 5.41) is 6.09. The predicted octanol–water partition coefficient (Wildman–Crippen LogP) is 6.54. The number of carbonyl (C=O) groups excluding carboxylic acids is 1. The van der Waals surface area contributed by atoms with Crippen molar-refractivity contribution in [3.8, 4) is 17.0 Å². The molecule has 0 radical (unpaired) electrons. The molecule has 0 atom stereocenters. The molecule has 28 heavy (non-hydrogen) atoms. The van der Waals surface area contributed by atoms with Crippen LogP contribution in [0.4, 0.5) is 10.8 Å². The highest BCUT2D eigenvalue weighted by Crippen LogP contribution is 2.28. The maximum atomic E-state index is 12.2. The molecule has 0 aliphatic heterocycles. The highest BCUT2D eigenvalue weighted by atomic mass is 79.9. The topological polar surface area (TPSA) is 51.2 Å². The third-order valence-electron chi connectivity index (χ3n) is 3.95. The Hall–Kier alpha value is -2.96. The summed E-state index contributed by atoms with van der Waals surface area (Å²) in [6.45, 7) is 0. The van der Waals surface area contributed by atoms with Crippen molar-refractivity contribution in [3.05, 3.63) is 94.3 Å². The van der Waals surface area contributed by atoms with Crippen molar-refractivity contribution in [2.45, 2.75) is 0 Å². The molecule has 0 bridgehead atoms. The second-order valence-corrected chi connectivity index (χ2v) is 7.73. The Morgan fingerprint density at radius 1 is 0.964 bits per heavy atom. The van der Waals surface area contributed by atoms with E-state index < -0.39 is 0 Å². The summed E-state index contributed by atoms with van der Waals surface area (Å²) >= 11 is 4.99. The van der Waals surface area contributed by atoms with Crippen LogP contribution in [0.2, 0.25) is 0 Å². The zero-order chi connectivity index (χ0) is 19.3. The number of hydrogen-bond acceptors (Lipinski definition) is 5. The second-order valence-electron chi connectivity index (χ2n) is 5.95. The molecule has 0 spiro atoms. The van der Waals surface area contributed by atoms with E-state index in [1.54, 1.807) is 24.3 Å². The molecule has 4 rings (SSSR count). The maximum absolute atomic E-state index is 12.2. The van der Waals surface area contributed by atoms with Gasteiger partial charge in [0.1, 0.15) is 5.75 Å². The average molecular weight is 451 g/mol. The fraction of sp³-hybridized carbons (Fsp3) is 0. The minimum atomic E-state index is -0.381. The van der Waals surface area contributed by atoms with Crippen LogP contribution in [0.25, 0.3) is 11.3 Å². The minimum Gasteiger partial charge on any atom is -0.423 e. The molecule has 0 saturated heterocycles. The Balaban J connectivity index is 1.45. The molecule has 1 aromatic heterocycles. The van der Waals surface area contributed by atoms with Gasteiger partial charge in [0, 0.05) is 21.1 Å². The molecule has 1 heterocycles. The number of aromatic nitrogens is 1. The molecule has 0 aliphatic carbocycles. The van der Waals surface area contributed by atoms with Gasteiger partial charge in [-0.15, -0.1) is 11.3 Å². The smallest absolute Gasteiger partial charge is 0.343 e. The third-order valence-corrected chi connectivity index (χ3v) is 5.20. The quantitative estimate of drug-likeness (QED) is 0.277. The number of para-hydroxylation sites is 1. The second kappa shape index (κ2) is 8.37. The summed E-state index contributed by atoms with van der Waals surface area (Å²) in [5.74, 6) is 0.146. The standard InChI is InChI=1S/C22H15BrN2O2S/c23-17-5-4-6-18(13-17)24-22-25-20(14-28-22)15-9-11-16(12-10-15)21(26)27-19-7-2-1-3-8-19/h1-14H,(H,24,25). The van der Waals surface area contributed by atoms with Crippen molar-refractivity contribution in [1.29, 1.82) is 0 Å². The number of nitrogens with one attached hydrogen (secondary N) is 1. The van der Waals surface area contributed by atoms with E-state index in [2.05, 4.69) is 26.2 Å². The molecule has 0 fully saturated rings. The van der Waals surface area contributed by atoms with E-state index in [-0.39, 0.29) is 5.97 Å². The molecule has 0 aliphatic rings. The Morgan fingerprint density at radius 2 is 1.75 bits per heavy atom. The number of thiazole rings is 1. The number of nitrogens with zero attached hydrogens (tertiary/aromatic N) is 1. The van der Waals surface area contributed by atoms with Gasteiger partial charge in [-0.2, -0.15) is 0 Å². The zero-order valence-corrected chi connectivity index (χ0v) is 17.0. The molecular formula is C22H15BrN2O2S. The van der Waals surface area contributed by atoms with Crippen LogP contribution in [-0.4, -0.2) is 11.0 Å². The number of rotatable bonds is 5. The monoisotopic (exact) mass is 450 g/mol. The van der Waals surface area contributed by atoms with Crippen molar-refractivity contribution in [3.63, 3.8) is 0 Å². The lowest BCUT2D eigenvalue weighted by Crippen LogP contribution is -2.08. The summed E-state index contributed by atoms with van der Waals surface area (Å²) in [4.78, 5) is 16.9. The van der Waals surface area contributed by atoms with Crippen molar-refractivity contribution in [1.82, 2.24) is 4.98 Å². The van der Waals surface area contributed by atoms with E-state index >= 15 is 0 Å². The van der Waals surface area contributed by atoms with Gasteiger partial charge < -0.3 is 10.1 Å². The molecule has 4 aromatic rings. The third kappa shape index (κ3) is 4.47. The first kappa shape index (κ1) is 18.4. The number of halogens is 1. The number of carbonyl (C=O) groups is 1. The van der Waals surface area contributed by atoms with Crippen LogP contribution in [0.3, 0.4) is 0 Å². The Morgan fingerprint density at radius 3 is 2.50 bits per heavy atom. The van der Waals surface area contributed by atoms with Crippen molar-refractivity contribution < 1.29 is 9.53 Å². The molecule has 0 unspecified atom stereocenters. The first-order valence-electron chi connectivity index (χ1n) is 8.53. The van der Waals surface area contributed by atoms with E-state index in [0.717, 1.165) is 26.5 Å². The van der Waals surface area contributed by atoms with Crippen LogP contribution >= 0.6 is 27.3 Å². The molecule has 1 N–H and O–H groups in total. The Bertz CT molecular complexity index is 1090. The molecule has 3 aromatic carbocycles. The van der Waals surface area contributed by atoms with Gasteiger partial charge >= 0.3 is 5.97 Å².